The number of carbonyl (C=O) groups is 1. The summed E-state index contributed by atoms with van der Waals surface area (Å²) in [5, 5.41) is -0.684. The number of rotatable bonds is 0. The molecule has 0 spiro atoms. The topological polar surface area (TPSA) is 29.5 Å². The average Bonchev–Trinajstić information content (AvgIpc) is 2.58. The first-order valence-corrected chi connectivity index (χ1v) is 5.24. The van der Waals surface area contributed by atoms with Gasteiger partial charge >= 0.3 is 5.97 Å². The van der Waals surface area contributed by atoms with Gasteiger partial charge in [0.05, 0.1) is 12.0 Å². The molecular weight excluding hydrogens is 190 g/mol. The molecule has 4 heteroatoms. The van der Waals surface area contributed by atoms with Crippen molar-refractivity contribution in [2.24, 2.45) is 5.92 Å². The van der Waals surface area contributed by atoms with E-state index in [0.717, 1.165) is 32.4 Å². The first kappa shape index (κ1) is 8.06. The SMILES string of the molecule is O=C1O[C@@]2(Cl)CCCN3CC[C@@H]1[C@H]32. The molecule has 3 saturated heterocycles. The fraction of sp³-hybridized carbons (Fsp3) is 0.889. The smallest absolute Gasteiger partial charge is 0.312 e. The third-order valence-corrected chi connectivity index (χ3v) is 3.97. The summed E-state index contributed by atoms with van der Waals surface area (Å²) in [5.74, 6) is -0.0257. The lowest BCUT2D eigenvalue weighted by molar-refractivity contribution is -0.147. The lowest BCUT2D eigenvalue weighted by Gasteiger charge is -2.37. The normalized spacial score (nSPS) is 49.2. The number of alkyl halides is 1. The van der Waals surface area contributed by atoms with Crippen LogP contribution in [0, 0.1) is 5.92 Å². The summed E-state index contributed by atoms with van der Waals surface area (Å²) >= 11 is 6.31. The molecule has 0 saturated carbocycles. The van der Waals surface area contributed by atoms with Crippen LogP contribution in [0.25, 0.3) is 0 Å². The molecular formula is C9H12ClNO2. The molecule has 72 valence electrons. The highest BCUT2D eigenvalue weighted by Gasteiger charge is 2.60. The molecule has 0 aliphatic carbocycles. The summed E-state index contributed by atoms with van der Waals surface area (Å²) in [6.45, 7) is 2.09. The van der Waals surface area contributed by atoms with Crippen molar-refractivity contribution in [3.63, 3.8) is 0 Å². The Hall–Kier alpha value is -0.280. The van der Waals surface area contributed by atoms with E-state index in [2.05, 4.69) is 4.90 Å². The van der Waals surface area contributed by atoms with Crippen molar-refractivity contribution in [3.05, 3.63) is 0 Å². The van der Waals surface area contributed by atoms with Crippen LogP contribution in [0.1, 0.15) is 19.3 Å². The standard InChI is InChI=1S/C9H12ClNO2/c10-9-3-1-4-11-5-2-6(7(9)11)8(12)13-9/h6-7H,1-5H2/t6-,7+,9+/m1/s1. The van der Waals surface area contributed by atoms with Crippen LogP contribution in [0.15, 0.2) is 0 Å². The van der Waals surface area contributed by atoms with Crippen molar-refractivity contribution in [2.75, 3.05) is 13.1 Å². The number of piperidine rings is 1. The van der Waals surface area contributed by atoms with Crippen molar-refractivity contribution in [1.29, 1.82) is 0 Å². The Morgan fingerprint density at radius 1 is 1.54 bits per heavy atom. The number of hydrogen-bond donors (Lipinski definition) is 0. The minimum atomic E-state index is -0.684. The van der Waals surface area contributed by atoms with Gasteiger partial charge in [-0.3, -0.25) is 9.69 Å². The van der Waals surface area contributed by atoms with Crippen LogP contribution in [0.4, 0.5) is 0 Å². The molecule has 13 heavy (non-hydrogen) atoms. The molecule has 0 N–H and O–H groups in total. The lowest BCUT2D eigenvalue weighted by atomic mass is 9.93. The Morgan fingerprint density at radius 3 is 3.23 bits per heavy atom. The maximum absolute atomic E-state index is 11.5. The first-order valence-electron chi connectivity index (χ1n) is 4.86. The zero-order valence-electron chi connectivity index (χ0n) is 7.33. The van der Waals surface area contributed by atoms with Gasteiger partial charge in [-0.2, -0.15) is 0 Å². The average molecular weight is 202 g/mol. The fourth-order valence-electron chi connectivity index (χ4n) is 2.95. The van der Waals surface area contributed by atoms with Crippen LogP contribution in [0.3, 0.4) is 0 Å². The van der Waals surface area contributed by atoms with Crippen LogP contribution >= 0.6 is 11.6 Å². The molecule has 3 aliphatic heterocycles. The first-order chi connectivity index (χ1) is 6.21. The Labute approximate surface area is 82.0 Å². The molecule has 0 unspecified atom stereocenters. The molecule has 3 atom stereocenters. The summed E-state index contributed by atoms with van der Waals surface area (Å²) < 4.78 is 5.27. The van der Waals surface area contributed by atoms with E-state index >= 15 is 0 Å². The monoisotopic (exact) mass is 201 g/mol. The van der Waals surface area contributed by atoms with Crippen LogP contribution < -0.4 is 0 Å². The van der Waals surface area contributed by atoms with Crippen molar-refractivity contribution < 1.29 is 9.53 Å². The van der Waals surface area contributed by atoms with Crippen molar-refractivity contribution in [3.8, 4) is 0 Å². The second-order valence-corrected chi connectivity index (χ2v) is 4.83. The van der Waals surface area contributed by atoms with Crippen LogP contribution in [0.5, 0.6) is 0 Å². The van der Waals surface area contributed by atoms with Gasteiger partial charge in [0.25, 0.3) is 0 Å². The zero-order valence-corrected chi connectivity index (χ0v) is 8.09. The van der Waals surface area contributed by atoms with Crippen molar-refractivity contribution in [2.45, 2.75) is 30.4 Å². The maximum atomic E-state index is 11.5. The Balaban J connectivity index is 2.01. The van der Waals surface area contributed by atoms with Gasteiger partial charge < -0.3 is 4.74 Å². The third kappa shape index (κ3) is 0.919. The summed E-state index contributed by atoms with van der Waals surface area (Å²) in [5.41, 5.74) is 0. The van der Waals surface area contributed by atoms with Gasteiger partial charge in [-0.25, -0.2) is 0 Å². The highest BCUT2D eigenvalue weighted by molar-refractivity contribution is 6.25. The van der Waals surface area contributed by atoms with E-state index in [1.54, 1.807) is 0 Å². The van der Waals surface area contributed by atoms with Gasteiger partial charge in [0.2, 0.25) is 5.06 Å². The Morgan fingerprint density at radius 2 is 2.38 bits per heavy atom. The molecule has 3 nitrogen and oxygen atoms in total. The van der Waals surface area contributed by atoms with E-state index in [1.807, 2.05) is 0 Å². The van der Waals surface area contributed by atoms with E-state index in [4.69, 9.17) is 16.3 Å². The predicted octanol–water partition coefficient (Wildman–Crippen LogP) is 0.963. The second-order valence-electron chi connectivity index (χ2n) is 4.19. The number of ether oxygens (including phenoxy) is 1. The summed E-state index contributed by atoms with van der Waals surface area (Å²) in [7, 11) is 0. The summed E-state index contributed by atoms with van der Waals surface area (Å²) in [6, 6.07) is 0.162. The number of carbonyl (C=O) groups excluding carboxylic acids is 1. The molecule has 3 fully saturated rings. The van der Waals surface area contributed by atoms with Crippen LogP contribution in [-0.4, -0.2) is 35.1 Å². The molecule has 0 aromatic heterocycles. The fourth-order valence-corrected chi connectivity index (χ4v) is 3.45. The largest absolute Gasteiger partial charge is 0.441 e. The molecule has 0 bridgehead atoms. The van der Waals surface area contributed by atoms with Crippen molar-refractivity contribution >= 4 is 17.6 Å². The van der Waals surface area contributed by atoms with Crippen LogP contribution in [-0.2, 0) is 9.53 Å². The number of esters is 1. The summed E-state index contributed by atoms with van der Waals surface area (Å²) in [6.07, 6.45) is 2.79. The molecule has 0 amide bonds. The van der Waals surface area contributed by atoms with E-state index in [1.165, 1.54) is 0 Å². The quantitative estimate of drug-likeness (QED) is 0.432. The maximum Gasteiger partial charge on any atom is 0.312 e. The Kier molecular flexibility index (Phi) is 1.48. The van der Waals surface area contributed by atoms with Gasteiger partial charge in [0.1, 0.15) is 0 Å². The van der Waals surface area contributed by atoms with Gasteiger partial charge in [-0.15, -0.1) is 0 Å². The van der Waals surface area contributed by atoms with Gasteiger partial charge in [-0.1, -0.05) is 11.6 Å². The lowest BCUT2D eigenvalue weighted by Crippen LogP contribution is -2.49. The predicted molar refractivity (Wildman–Crippen MR) is 47.4 cm³/mol. The van der Waals surface area contributed by atoms with E-state index in [9.17, 15) is 4.79 Å². The molecule has 0 aromatic rings. The summed E-state index contributed by atoms with van der Waals surface area (Å²) in [4.78, 5) is 13.8. The third-order valence-electron chi connectivity index (χ3n) is 3.48. The van der Waals surface area contributed by atoms with Gasteiger partial charge in [0, 0.05) is 6.42 Å². The highest BCUT2D eigenvalue weighted by atomic mass is 35.5. The van der Waals surface area contributed by atoms with Gasteiger partial charge in [-0.05, 0) is 25.9 Å². The second kappa shape index (κ2) is 2.39. The number of halogens is 1. The van der Waals surface area contributed by atoms with E-state index in [-0.39, 0.29) is 17.9 Å². The van der Waals surface area contributed by atoms with Gasteiger partial charge in [0.15, 0.2) is 0 Å². The van der Waals surface area contributed by atoms with Crippen molar-refractivity contribution in [1.82, 2.24) is 4.90 Å². The molecule has 3 aliphatic rings. The Bertz CT molecular complexity index is 270. The molecule has 3 heterocycles. The van der Waals surface area contributed by atoms with Crippen LogP contribution in [0.2, 0.25) is 0 Å². The molecule has 3 rings (SSSR count). The zero-order chi connectivity index (χ0) is 9.05. The number of hydrogen-bond acceptors (Lipinski definition) is 3. The van der Waals surface area contributed by atoms with E-state index in [0.29, 0.717) is 0 Å². The van der Waals surface area contributed by atoms with E-state index < -0.39 is 5.06 Å². The highest BCUT2D eigenvalue weighted by Crippen LogP contribution is 2.48. The number of nitrogens with zero attached hydrogens (tertiary/aromatic N) is 1. The minimum Gasteiger partial charge on any atom is -0.441 e. The molecule has 0 aromatic carbocycles. The minimum absolute atomic E-state index is 0.0535. The molecule has 0 radical (unpaired) electrons.